The number of benzene rings is 1. The summed E-state index contributed by atoms with van der Waals surface area (Å²) in [4.78, 5) is 25.5. The molecule has 7 heteroatoms. The Morgan fingerprint density at radius 1 is 1.28 bits per heavy atom. The van der Waals surface area contributed by atoms with Crippen LogP contribution in [0.25, 0.3) is 0 Å². The van der Waals surface area contributed by atoms with Crippen LogP contribution >= 0.6 is 27.7 Å². The van der Waals surface area contributed by atoms with E-state index in [-0.39, 0.29) is 24.0 Å². The van der Waals surface area contributed by atoms with E-state index in [0.29, 0.717) is 18.2 Å². The molecular formula is C18H24BrN3O2S. The van der Waals surface area contributed by atoms with Crippen molar-refractivity contribution in [3.63, 3.8) is 0 Å². The predicted octanol–water partition coefficient (Wildman–Crippen LogP) is 3.13. The summed E-state index contributed by atoms with van der Waals surface area (Å²) in [5.74, 6) is 1.18. The standard InChI is InChI=1S/C18H24BrN3O2S/c1-22(10-12-6-8-13(19)9-7-12)16(23)5-3-2-4-15-17-14(11-25-15)20-18(24)21-17/h6-9,14-15,17H,2-5,10-11H2,1H3,(H2,20,21,24)/t14-,15-,17-/m0/s1. The normalized spacial score (nSPS) is 24.6. The van der Waals surface area contributed by atoms with E-state index in [1.807, 2.05) is 43.1 Å². The Bertz CT molecular complexity index is 625. The Hall–Kier alpha value is -1.21. The lowest BCUT2D eigenvalue weighted by Gasteiger charge is -2.18. The van der Waals surface area contributed by atoms with Crippen molar-refractivity contribution >= 4 is 39.6 Å². The molecule has 25 heavy (non-hydrogen) atoms. The van der Waals surface area contributed by atoms with Crippen LogP contribution < -0.4 is 10.6 Å². The Morgan fingerprint density at radius 3 is 2.80 bits per heavy atom. The van der Waals surface area contributed by atoms with Crippen LogP contribution in [0.2, 0.25) is 0 Å². The molecule has 2 aliphatic rings. The fourth-order valence-electron chi connectivity index (χ4n) is 3.41. The van der Waals surface area contributed by atoms with E-state index in [1.165, 1.54) is 0 Å². The number of urea groups is 1. The number of hydrogen-bond acceptors (Lipinski definition) is 3. The average molecular weight is 426 g/mol. The van der Waals surface area contributed by atoms with E-state index < -0.39 is 0 Å². The van der Waals surface area contributed by atoms with Crippen LogP contribution in [-0.4, -0.2) is 47.0 Å². The number of carbonyl (C=O) groups is 2. The molecule has 3 rings (SSSR count). The average Bonchev–Trinajstić information content (AvgIpc) is 3.13. The summed E-state index contributed by atoms with van der Waals surface area (Å²) >= 11 is 5.35. The van der Waals surface area contributed by atoms with E-state index in [2.05, 4.69) is 26.6 Å². The lowest BCUT2D eigenvalue weighted by atomic mass is 10.0. The number of nitrogens with zero attached hydrogens (tertiary/aromatic N) is 1. The molecule has 1 aromatic carbocycles. The minimum Gasteiger partial charge on any atom is -0.341 e. The number of carbonyl (C=O) groups excluding carboxylic acids is 2. The summed E-state index contributed by atoms with van der Waals surface area (Å²) in [7, 11) is 1.86. The van der Waals surface area contributed by atoms with Crippen molar-refractivity contribution in [3.05, 3.63) is 34.3 Å². The second kappa shape index (κ2) is 8.45. The first-order chi connectivity index (χ1) is 12.0. The Morgan fingerprint density at radius 2 is 2.04 bits per heavy atom. The number of fused-ring (bicyclic) bond motifs is 1. The van der Waals surface area contributed by atoms with Crippen molar-refractivity contribution in [1.29, 1.82) is 0 Å². The minimum atomic E-state index is -0.0370. The SMILES string of the molecule is CN(Cc1ccc(Br)cc1)C(=O)CCCC[C@@H]1SC[C@@H]2NC(=O)N[C@@H]21. The lowest BCUT2D eigenvalue weighted by Crippen LogP contribution is -2.36. The summed E-state index contributed by atoms with van der Waals surface area (Å²) in [6.07, 6.45) is 3.56. The zero-order valence-corrected chi connectivity index (χ0v) is 16.7. The van der Waals surface area contributed by atoms with E-state index >= 15 is 0 Å². The van der Waals surface area contributed by atoms with Gasteiger partial charge in [-0.3, -0.25) is 4.79 Å². The van der Waals surface area contributed by atoms with Gasteiger partial charge in [-0.25, -0.2) is 4.79 Å². The maximum atomic E-state index is 12.3. The molecule has 2 saturated heterocycles. The predicted molar refractivity (Wildman–Crippen MR) is 105 cm³/mol. The van der Waals surface area contributed by atoms with Crippen LogP contribution in [0.1, 0.15) is 31.2 Å². The minimum absolute atomic E-state index is 0.0370. The van der Waals surface area contributed by atoms with Gasteiger partial charge in [0.05, 0.1) is 12.1 Å². The van der Waals surface area contributed by atoms with Gasteiger partial charge in [0.1, 0.15) is 0 Å². The van der Waals surface area contributed by atoms with Crippen LogP contribution in [0.5, 0.6) is 0 Å². The molecule has 0 aromatic heterocycles. The maximum Gasteiger partial charge on any atom is 0.315 e. The molecule has 0 bridgehead atoms. The molecule has 3 amide bonds. The largest absolute Gasteiger partial charge is 0.341 e. The number of hydrogen-bond donors (Lipinski definition) is 2. The molecule has 2 fully saturated rings. The zero-order chi connectivity index (χ0) is 17.8. The van der Waals surface area contributed by atoms with Gasteiger partial charge in [0.2, 0.25) is 5.91 Å². The number of rotatable bonds is 7. The highest BCUT2D eigenvalue weighted by atomic mass is 79.9. The van der Waals surface area contributed by atoms with Crippen molar-refractivity contribution in [2.45, 2.75) is 49.6 Å². The number of nitrogens with one attached hydrogen (secondary N) is 2. The fraction of sp³-hybridized carbons (Fsp3) is 0.556. The Labute approximate surface area is 161 Å². The third kappa shape index (κ3) is 4.91. The quantitative estimate of drug-likeness (QED) is 0.520. The smallest absolute Gasteiger partial charge is 0.315 e. The summed E-state index contributed by atoms with van der Waals surface area (Å²) in [5, 5.41) is 6.45. The second-order valence-corrected chi connectivity index (χ2v) is 8.93. The third-order valence-corrected chi connectivity index (χ3v) is 6.86. The molecule has 0 radical (unpaired) electrons. The van der Waals surface area contributed by atoms with Crippen molar-refractivity contribution in [1.82, 2.24) is 15.5 Å². The first kappa shape index (κ1) is 18.6. The highest BCUT2D eigenvalue weighted by Gasteiger charge is 2.42. The fourth-order valence-corrected chi connectivity index (χ4v) is 5.22. The number of amides is 3. The van der Waals surface area contributed by atoms with Crippen molar-refractivity contribution in [2.75, 3.05) is 12.8 Å². The van der Waals surface area contributed by atoms with Crippen molar-refractivity contribution < 1.29 is 9.59 Å². The molecule has 0 spiro atoms. The summed E-state index contributed by atoms with van der Waals surface area (Å²) in [6.45, 7) is 0.645. The monoisotopic (exact) mass is 425 g/mol. The first-order valence-corrected chi connectivity index (χ1v) is 10.5. The van der Waals surface area contributed by atoms with E-state index in [9.17, 15) is 9.59 Å². The molecule has 0 aliphatic carbocycles. The van der Waals surface area contributed by atoms with E-state index in [0.717, 1.165) is 35.1 Å². The molecule has 2 aliphatic heterocycles. The molecule has 5 nitrogen and oxygen atoms in total. The maximum absolute atomic E-state index is 12.3. The van der Waals surface area contributed by atoms with Crippen molar-refractivity contribution in [3.8, 4) is 0 Å². The van der Waals surface area contributed by atoms with Gasteiger partial charge in [-0.15, -0.1) is 0 Å². The Kier molecular flexibility index (Phi) is 6.28. The topological polar surface area (TPSA) is 61.4 Å². The molecule has 1 aromatic rings. The van der Waals surface area contributed by atoms with E-state index in [4.69, 9.17) is 0 Å². The second-order valence-electron chi connectivity index (χ2n) is 6.74. The van der Waals surface area contributed by atoms with Crippen LogP contribution in [0.15, 0.2) is 28.7 Å². The van der Waals surface area contributed by atoms with E-state index in [1.54, 1.807) is 4.90 Å². The molecule has 0 saturated carbocycles. The van der Waals surface area contributed by atoms with Crippen LogP contribution in [0.4, 0.5) is 4.79 Å². The van der Waals surface area contributed by atoms with Crippen molar-refractivity contribution in [2.24, 2.45) is 0 Å². The molecule has 0 unspecified atom stereocenters. The van der Waals surface area contributed by atoms with Gasteiger partial charge in [-0.1, -0.05) is 34.5 Å². The van der Waals surface area contributed by atoms with Gasteiger partial charge in [-0.2, -0.15) is 11.8 Å². The zero-order valence-electron chi connectivity index (χ0n) is 14.3. The van der Waals surface area contributed by atoms with Gasteiger partial charge >= 0.3 is 6.03 Å². The third-order valence-electron chi connectivity index (χ3n) is 4.83. The summed E-state index contributed by atoms with van der Waals surface area (Å²) < 4.78 is 1.05. The highest BCUT2D eigenvalue weighted by molar-refractivity contribution is 9.10. The number of halogens is 1. The first-order valence-electron chi connectivity index (χ1n) is 8.70. The van der Waals surface area contributed by atoms with Crippen LogP contribution in [0.3, 0.4) is 0 Å². The van der Waals surface area contributed by atoms with Crippen LogP contribution in [-0.2, 0) is 11.3 Å². The number of thioether (sulfide) groups is 1. The molecule has 3 atom stereocenters. The van der Waals surface area contributed by atoms with Gasteiger partial charge in [-0.05, 0) is 30.5 Å². The molecule has 136 valence electrons. The Balaban J connectivity index is 1.35. The molecule has 2 heterocycles. The summed E-state index contributed by atoms with van der Waals surface area (Å²) in [5.41, 5.74) is 1.14. The summed E-state index contributed by atoms with van der Waals surface area (Å²) in [6, 6.07) is 8.56. The number of unbranched alkanes of at least 4 members (excludes halogenated alkanes) is 1. The van der Waals surface area contributed by atoms with Gasteiger partial charge < -0.3 is 15.5 Å². The molecular weight excluding hydrogens is 402 g/mol. The highest BCUT2D eigenvalue weighted by Crippen LogP contribution is 2.33. The van der Waals surface area contributed by atoms with Gasteiger partial charge in [0, 0.05) is 35.5 Å². The van der Waals surface area contributed by atoms with Gasteiger partial charge in [0.25, 0.3) is 0 Å². The lowest BCUT2D eigenvalue weighted by molar-refractivity contribution is -0.130. The van der Waals surface area contributed by atoms with Gasteiger partial charge in [0.15, 0.2) is 0 Å². The van der Waals surface area contributed by atoms with Crippen LogP contribution in [0, 0.1) is 0 Å². The molecule has 2 N–H and O–H groups in total.